The zero-order valence-electron chi connectivity index (χ0n) is 44.2. The van der Waals surface area contributed by atoms with Gasteiger partial charge in [0.25, 0.3) is 0 Å². The van der Waals surface area contributed by atoms with Gasteiger partial charge in [-0.25, -0.2) is 0 Å². The lowest BCUT2D eigenvalue weighted by Gasteiger charge is -2.29. The van der Waals surface area contributed by atoms with Gasteiger partial charge in [0, 0.05) is 32.0 Å². The maximum Gasteiger partial charge on any atom is 0.0219 e. The summed E-state index contributed by atoms with van der Waals surface area (Å²) in [5, 5.41) is 0. The van der Waals surface area contributed by atoms with E-state index in [1.165, 1.54) is 263 Å². The van der Waals surface area contributed by atoms with Gasteiger partial charge in [0.1, 0.15) is 0 Å². The Morgan fingerprint density at radius 1 is 0.435 bits per heavy atom. The molecule has 1 aromatic rings. The summed E-state index contributed by atoms with van der Waals surface area (Å²) in [6, 6.07) is 4.28. The normalized spacial score (nSPS) is 13.5. The number of unbranched alkanes of at least 4 members (excludes halogenated alkanes) is 22. The lowest BCUT2D eigenvalue weighted by Crippen LogP contribution is -2.33. The molecule has 366 valence electrons. The molecule has 4 unspecified atom stereocenters. The summed E-state index contributed by atoms with van der Waals surface area (Å²) >= 11 is 0. The van der Waals surface area contributed by atoms with Gasteiger partial charge >= 0.3 is 0 Å². The Bertz CT molecular complexity index is 1040. The second kappa shape index (κ2) is 46.3. The Morgan fingerprint density at radius 2 is 0.790 bits per heavy atom. The Morgan fingerprint density at radius 3 is 1.26 bits per heavy atom. The molecule has 1 rings (SSSR count). The first-order valence-corrected chi connectivity index (χ1v) is 28.4. The van der Waals surface area contributed by atoms with Crippen LogP contribution in [0.5, 0.6) is 0 Å². The van der Waals surface area contributed by atoms with Gasteiger partial charge in [-0.3, -0.25) is 0 Å². The lowest BCUT2D eigenvalue weighted by molar-refractivity contribution is 0.193. The lowest BCUT2D eigenvalue weighted by atomic mass is 9.86. The molecule has 0 aromatic carbocycles. The fourth-order valence-corrected chi connectivity index (χ4v) is 9.78. The summed E-state index contributed by atoms with van der Waals surface area (Å²) in [5.41, 5.74) is 3.00. The second-order valence-corrected chi connectivity index (χ2v) is 20.8. The monoisotopic (exact) mass is 865 g/mol. The van der Waals surface area contributed by atoms with Crippen molar-refractivity contribution >= 4 is 0 Å². The first-order valence-electron chi connectivity index (χ1n) is 28.4. The van der Waals surface area contributed by atoms with Crippen LogP contribution in [-0.2, 0) is 6.54 Å². The van der Waals surface area contributed by atoms with E-state index >= 15 is 0 Å². The average Bonchev–Trinajstić information content (AvgIpc) is 3.78. The Balaban J connectivity index is 0.00000173. The molecule has 4 atom stereocenters. The number of hydrogen-bond acceptors (Lipinski definition) is 1. The van der Waals surface area contributed by atoms with Gasteiger partial charge in [0.15, 0.2) is 0 Å². The molecule has 0 spiro atoms. The van der Waals surface area contributed by atoms with E-state index in [0.29, 0.717) is 0 Å². The van der Waals surface area contributed by atoms with Crippen molar-refractivity contribution in [2.75, 3.05) is 19.6 Å². The molecule has 1 heterocycles. The first-order chi connectivity index (χ1) is 30.2. The zero-order chi connectivity index (χ0) is 45.7. The summed E-state index contributed by atoms with van der Waals surface area (Å²) in [7, 11) is 0. The maximum absolute atomic E-state index is 4.66. The highest BCUT2D eigenvalue weighted by Gasteiger charge is 2.16. The van der Waals surface area contributed by atoms with Crippen molar-refractivity contribution in [3.63, 3.8) is 0 Å². The smallest absolute Gasteiger partial charge is 0.0219 e. The van der Waals surface area contributed by atoms with Gasteiger partial charge in [-0.15, -0.1) is 0 Å². The van der Waals surface area contributed by atoms with Crippen LogP contribution in [-0.4, -0.2) is 29.1 Å². The SMILES string of the molecule is C=C(C)C(CCCCCC)CCCCCCCC.C=C(CCCCCC(C)CN(CCCCCn1cccc1)CC(C)CCCCC)C(CCCCCC)CCCCCCCC. The highest BCUT2D eigenvalue weighted by atomic mass is 15.1. The number of aromatic nitrogens is 1. The van der Waals surface area contributed by atoms with Gasteiger partial charge in [-0.1, -0.05) is 240 Å². The molecule has 62 heavy (non-hydrogen) atoms. The number of rotatable bonds is 46. The molecule has 0 N–H and O–H groups in total. The van der Waals surface area contributed by atoms with Crippen LogP contribution in [0.4, 0.5) is 0 Å². The van der Waals surface area contributed by atoms with Gasteiger partial charge in [-0.05, 0) is 113 Å². The molecule has 0 bridgehead atoms. The molecule has 2 nitrogen and oxygen atoms in total. The van der Waals surface area contributed by atoms with Crippen molar-refractivity contribution in [2.45, 2.75) is 293 Å². The predicted molar refractivity (Wildman–Crippen MR) is 285 cm³/mol. The van der Waals surface area contributed by atoms with Gasteiger partial charge < -0.3 is 9.47 Å². The van der Waals surface area contributed by atoms with Gasteiger partial charge in [0.2, 0.25) is 0 Å². The third kappa shape index (κ3) is 39.1. The maximum atomic E-state index is 4.66. The van der Waals surface area contributed by atoms with Crippen LogP contribution >= 0.6 is 0 Å². The fraction of sp³-hybridized carbons (Fsp3) is 0.867. The third-order valence-corrected chi connectivity index (χ3v) is 14.1. The molecule has 0 fully saturated rings. The van der Waals surface area contributed by atoms with E-state index in [9.17, 15) is 0 Å². The van der Waals surface area contributed by atoms with E-state index in [1.54, 1.807) is 5.57 Å². The molecule has 1 aromatic heterocycles. The van der Waals surface area contributed by atoms with Crippen LogP contribution in [0.2, 0.25) is 0 Å². The van der Waals surface area contributed by atoms with Crippen molar-refractivity contribution < 1.29 is 0 Å². The van der Waals surface area contributed by atoms with Gasteiger partial charge in [0.05, 0.1) is 0 Å². The summed E-state index contributed by atoms with van der Waals surface area (Å²) in [4.78, 5) is 2.84. The quantitative estimate of drug-likeness (QED) is 0.0468. The number of allylic oxidation sites excluding steroid dienone is 2. The first kappa shape index (κ1) is 60.7. The van der Waals surface area contributed by atoms with Crippen LogP contribution in [0.25, 0.3) is 0 Å². The molecule has 0 saturated carbocycles. The summed E-state index contributed by atoms with van der Waals surface area (Å²) in [6.45, 7) is 32.7. The van der Waals surface area contributed by atoms with E-state index in [1.807, 2.05) is 0 Å². The van der Waals surface area contributed by atoms with Crippen molar-refractivity contribution in [1.82, 2.24) is 9.47 Å². The fourth-order valence-electron chi connectivity index (χ4n) is 9.78. The Kier molecular flexibility index (Phi) is 45.3. The zero-order valence-corrected chi connectivity index (χ0v) is 44.2. The highest BCUT2D eigenvalue weighted by molar-refractivity contribution is 5.00. The van der Waals surface area contributed by atoms with E-state index in [-0.39, 0.29) is 0 Å². The molecule has 2 heteroatoms. The molecule has 0 amide bonds. The predicted octanol–water partition coefficient (Wildman–Crippen LogP) is 20.6. The number of nitrogens with zero attached hydrogens (tertiary/aromatic N) is 2. The molecular weight excluding hydrogens is 749 g/mol. The number of hydrogen-bond donors (Lipinski definition) is 0. The Labute approximate surface area is 393 Å². The van der Waals surface area contributed by atoms with E-state index < -0.39 is 0 Å². The minimum Gasteiger partial charge on any atom is -0.354 e. The third-order valence-electron chi connectivity index (χ3n) is 14.1. The van der Waals surface area contributed by atoms with Crippen LogP contribution < -0.4 is 0 Å². The number of aryl methyl sites for hydroxylation is 1. The van der Waals surface area contributed by atoms with Crippen molar-refractivity contribution in [3.8, 4) is 0 Å². The molecule has 0 aliphatic rings. The standard InChI is InChI=1S/C42H80N2.C18H36/c1-7-10-13-15-16-23-32-42(31-22-14-11-8-2)41(6)30-21-17-20-29-40(5)38-44(37-39(4)28-19-12-9-3)36-25-18-24-33-43-34-26-27-35-43;1-5-7-9-11-12-14-16-18(17(3)4)15-13-10-8-6-2/h26-27,34-35,39-40,42H,6-25,28-33,36-38H2,1-5H3;18H,3,5-16H2,1-2,4H3. The van der Waals surface area contributed by atoms with Gasteiger partial charge in [-0.2, -0.15) is 0 Å². The van der Waals surface area contributed by atoms with Crippen molar-refractivity contribution in [1.29, 1.82) is 0 Å². The second-order valence-electron chi connectivity index (χ2n) is 20.8. The van der Waals surface area contributed by atoms with Crippen molar-refractivity contribution in [3.05, 3.63) is 48.8 Å². The minimum atomic E-state index is 0.785. The van der Waals surface area contributed by atoms with E-state index in [4.69, 9.17) is 0 Å². The van der Waals surface area contributed by atoms with Crippen molar-refractivity contribution in [2.24, 2.45) is 23.7 Å². The van der Waals surface area contributed by atoms with Crippen LogP contribution in [0.3, 0.4) is 0 Å². The largest absolute Gasteiger partial charge is 0.354 e. The molecule has 0 radical (unpaired) electrons. The van der Waals surface area contributed by atoms with Crippen LogP contribution in [0, 0.1) is 23.7 Å². The minimum absolute atomic E-state index is 0.785. The average molecular weight is 866 g/mol. The van der Waals surface area contributed by atoms with E-state index in [0.717, 1.165) is 23.7 Å². The van der Waals surface area contributed by atoms with Crippen LogP contribution in [0.15, 0.2) is 48.8 Å². The topological polar surface area (TPSA) is 8.17 Å². The summed E-state index contributed by atoms with van der Waals surface area (Å²) in [6.07, 6.45) is 54.3. The summed E-state index contributed by atoms with van der Waals surface area (Å²) < 4.78 is 2.33. The molecule has 0 aliphatic carbocycles. The highest BCUT2D eigenvalue weighted by Crippen LogP contribution is 2.29. The molecule has 0 aliphatic heterocycles. The molecular formula is C60H116N2. The summed E-state index contributed by atoms with van der Waals surface area (Å²) in [5.74, 6) is 3.21. The Hall–Kier alpha value is -1.28. The van der Waals surface area contributed by atoms with E-state index in [2.05, 4.69) is 103 Å². The van der Waals surface area contributed by atoms with Crippen LogP contribution in [0.1, 0.15) is 287 Å². The molecule has 0 saturated heterocycles.